The Morgan fingerprint density at radius 2 is 1.41 bits per heavy atom. The van der Waals surface area contributed by atoms with Crippen molar-refractivity contribution in [3.63, 3.8) is 0 Å². The molecular weight excluding hydrogens is 366 g/mol. The van der Waals surface area contributed by atoms with E-state index < -0.39 is 15.9 Å². The Kier molecular flexibility index (Phi) is 5.57. The highest BCUT2D eigenvalue weighted by Crippen LogP contribution is 2.21. The van der Waals surface area contributed by atoms with Crippen molar-refractivity contribution in [1.82, 2.24) is 4.31 Å². The van der Waals surface area contributed by atoms with Crippen LogP contribution in [-0.4, -0.2) is 37.6 Å². The van der Waals surface area contributed by atoms with Crippen molar-refractivity contribution in [1.29, 1.82) is 0 Å². The maximum absolute atomic E-state index is 12.6. The van der Waals surface area contributed by atoms with Crippen molar-refractivity contribution in [3.8, 4) is 0 Å². The summed E-state index contributed by atoms with van der Waals surface area (Å²) in [6.45, 7) is 1.07. The summed E-state index contributed by atoms with van der Waals surface area (Å²) in [4.78, 5) is 23.6. The van der Waals surface area contributed by atoms with Crippen molar-refractivity contribution < 1.29 is 18.0 Å². The van der Waals surface area contributed by atoms with Crippen molar-refractivity contribution in [2.75, 3.05) is 18.4 Å². The zero-order chi connectivity index (χ0) is 19.4. The van der Waals surface area contributed by atoms with Crippen LogP contribution in [0.1, 0.15) is 40.0 Å². The maximum Gasteiger partial charge on any atom is 0.255 e. The van der Waals surface area contributed by atoms with Gasteiger partial charge in [0.25, 0.3) is 5.91 Å². The van der Waals surface area contributed by atoms with Crippen LogP contribution in [0.3, 0.4) is 0 Å². The lowest BCUT2D eigenvalue weighted by Gasteiger charge is -2.25. The van der Waals surface area contributed by atoms with Gasteiger partial charge in [0.05, 0.1) is 4.90 Å². The predicted molar refractivity (Wildman–Crippen MR) is 102 cm³/mol. The number of hydrogen-bond donors (Lipinski definition) is 2. The number of hydrogen-bond acceptors (Lipinski definition) is 4. The molecule has 2 aromatic carbocycles. The summed E-state index contributed by atoms with van der Waals surface area (Å²) in [6.07, 6.45) is 2.79. The number of carbonyl (C=O) groups is 2. The van der Waals surface area contributed by atoms with E-state index in [2.05, 4.69) is 5.32 Å². The third-order valence-electron chi connectivity index (χ3n) is 4.50. The highest BCUT2D eigenvalue weighted by molar-refractivity contribution is 7.89. The van der Waals surface area contributed by atoms with E-state index in [1.807, 2.05) is 0 Å². The molecule has 1 aliphatic heterocycles. The average Bonchev–Trinajstić information content (AvgIpc) is 2.69. The van der Waals surface area contributed by atoms with E-state index in [0.717, 1.165) is 19.3 Å². The molecule has 7 nitrogen and oxygen atoms in total. The first-order valence-electron chi connectivity index (χ1n) is 8.69. The van der Waals surface area contributed by atoms with Crippen molar-refractivity contribution in [3.05, 3.63) is 59.7 Å². The molecule has 1 fully saturated rings. The molecule has 142 valence electrons. The maximum atomic E-state index is 12.6. The molecule has 2 amide bonds. The number of nitrogens with one attached hydrogen (secondary N) is 1. The summed E-state index contributed by atoms with van der Waals surface area (Å²) < 4.78 is 26.8. The minimum atomic E-state index is -3.52. The van der Waals surface area contributed by atoms with Crippen LogP contribution in [0.15, 0.2) is 53.4 Å². The van der Waals surface area contributed by atoms with Crippen molar-refractivity contribution >= 4 is 27.5 Å². The van der Waals surface area contributed by atoms with Crippen LogP contribution >= 0.6 is 0 Å². The van der Waals surface area contributed by atoms with E-state index in [4.69, 9.17) is 5.73 Å². The Morgan fingerprint density at radius 3 is 1.96 bits per heavy atom. The molecule has 8 heteroatoms. The molecule has 0 radical (unpaired) electrons. The molecule has 3 N–H and O–H groups in total. The van der Waals surface area contributed by atoms with Gasteiger partial charge in [0.2, 0.25) is 15.9 Å². The van der Waals surface area contributed by atoms with E-state index in [1.165, 1.54) is 40.7 Å². The first kappa shape index (κ1) is 19.1. The molecule has 2 aromatic rings. The van der Waals surface area contributed by atoms with Crippen LogP contribution in [0.4, 0.5) is 5.69 Å². The first-order valence-corrected chi connectivity index (χ1v) is 10.1. The van der Waals surface area contributed by atoms with Crippen molar-refractivity contribution in [2.24, 2.45) is 5.73 Å². The third kappa shape index (κ3) is 4.35. The first-order chi connectivity index (χ1) is 12.9. The summed E-state index contributed by atoms with van der Waals surface area (Å²) in [5.41, 5.74) is 6.38. The highest BCUT2D eigenvalue weighted by Gasteiger charge is 2.25. The molecule has 0 bridgehead atoms. The zero-order valence-electron chi connectivity index (χ0n) is 14.7. The Morgan fingerprint density at radius 1 is 0.852 bits per heavy atom. The van der Waals surface area contributed by atoms with Gasteiger partial charge in [-0.2, -0.15) is 4.31 Å². The Labute approximate surface area is 158 Å². The molecule has 1 saturated heterocycles. The van der Waals surface area contributed by atoms with Gasteiger partial charge >= 0.3 is 0 Å². The number of sulfonamides is 1. The molecule has 0 unspecified atom stereocenters. The van der Waals surface area contributed by atoms with E-state index in [0.29, 0.717) is 29.9 Å². The molecule has 1 heterocycles. The normalized spacial score (nSPS) is 15.3. The van der Waals surface area contributed by atoms with Gasteiger partial charge in [-0.25, -0.2) is 8.42 Å². The number of carbonyl (C=O) groups excluding carboxylic acids is 2. The molecule has 0 spiro atoms. The molecule has 0 aliphatic carbocycles. The lowest BCUT2D eigenvalue weighted by molar-refractivity contribution is 0.0998. The van der Waals surface area contributed by atoms with Crippen molar-refractivity contribution in [2.45, 2.75) is 24.2 Å². The number of nitrogens with zero attached hydrogens (tertiary/aromatic N) is 1. The zero-order valence-corrected chi connectivity index (χ0v) is 15.5. The molecule has 27 heavy (non-hydrogen) atoms. The largest absolute Gasteiger partial charge is 0.366 e. The standard InChI is InChI=1S/C19H21N3O4S/c20-18(23)14-4-8-16(9-5-14)21-19(24)15-6-10-17(11-7-15)27(25,26)22-12-2-1-3-13-22/h4-11H,1-3,12-13H2,(H2,20,23)(H,21,24). The van der Waals surface area contributed by atoms with Gasteiger partial charge in [-0.15, -0.1) is 0 Å². The van der Waals surface area contributed by atoms with E-state index in [9.17, 15) is 18.0 Å². The van der Waals surface area contributed by atoms with Gasteiger partial charge < -0.3 is 11.1 Å². The molecule has 0 aromatic heterocycles. The van der Waals surface area contributed by atoms with Gasteiger partial charge in [0.15, 0.2) is 0 Å². The summed E-state index contributed by atoms with van der Waals surface area (Å²) in [5, 5.41) is 2.70. The Bertz CT molecular complexity index is 932. The van der Waals surface area contributed by atoms with Crippen LogP contribution < -0.4 is 11.1 Å². The minimum Gasteiger partial charge on any atom is -0.366 e. The third-order valence-corrected chi connectivity index (χ3v) is 6.41. The highest BCUT2D eigenvalue weighted by atomic mass is 32.2. The smallest absolute Gasteiger partial charge is 0.255 e. The second-order valence-corrected chi connectivity index (χ2v) is 8.32. The summed E-state index contributed by atoms with van der Waals surface area (Å²) in [5.74, 6) is -0.915. The fraction of sp³-hybridized carbons (Fsp3) is 0.263. The molecule has 0 atom stereocenters. The summed E-state index contributed by atoms with van der Waals surface area (Å²) >= 11 is 0. The van der Waals surface area contributed by atoms with Gasteiger partial charge in [-0.1, -0.05) is 6.42 Å². The Hall–Kier alpha value is -2.71. The van der Waals surface area contributed by atoms with Gasteiger partial charge in [-0.3, -0.25) is 9.59 Å². The van der Waals surface area contributed by atoms with Crippen LogP contribution in [-0.2, 0) is 10.0 Å². The number of nitrogens with two attached hydrogens (primary N) is 1. The second kappa shape index (κ2) is 7.89. The quantitative estimate of drug-likeness (QED) is 0.819. The SMILES string of the molecule is NC(=O)c1ccc(NC(=O)c2ccc(S(=O)(=O)N3CCCCC3)cc2)cc1. The van der Waals surface area contributed by atoms with Gasteiger partial charge in [0.1, 0.15) is 0 Å². The number of primary amides is 1. The minimum absolute atomic E-state index is 0.187. The number of amides is 2. The average molecular weight is 387 g/mol. The van der Waals surface area contributed by atoms with Crippen LogP contribution in [0.25, 0.3) is 0 Å². The molecule has 0 saturated carbocycles. The Balaban J connectivity index is 1.70. The van der Waals surface area contributed by atoms with Crippen LogP contribution in [0.5, 0.6) is 0 Å². The fourth-order valence-corrected chi connectivity index (χ4v) is 4.47. The van der Waals surface area contributed by atoms with E-state index in [-0.39, 0.29) is 10.8 Å². The molecular formula is C19H21N3O4S. The lowest BCUT2D eigenvalue weighted by Crippen LogP contribution is -2.35. The van der Waals surface area contributed by atoms with E-state index in [1.54, 1.807) is 12.1 Å². The molecule has 1 aliphatic rings. The summed E-state index contributed by atoms with van der Waals surface area (Å²) in [7, 11) is -3.52. The number of piperidine rings is 1. The van der Waals surface area contributed by atoms with E-state index >= 15 is 0 Å². The van der Waals surface area contributed by atoms with Crippen LogP contribution in [0.2, 0.25) is 0 Å². The monoisotopic (exact) mass is 387 g/mol. The fourth-order valence-electron chi connectivity index (χ4n) is 2.95. The number of benzene rings is 2. The van der Waals surface area contributed by atoms with Gasteiger partial charge in [-0.05, 0) is 61.4 Å². The summed E-state index contributed by atoms with van der Waals surface area (Å²) in [6, 6.07) is 12.1. The second-order valence-electron chi connectivity index (χ2n) is 6.38. The molecule has 3 rings (SSSR count). The van der Waals surface area contributed by atoms with Gasteiger partial charge in [0, 0.05) is 29.9 Å². The lowest BCUT2D eigenvalue weighted by atomic mass is 10.2. The number of rotatable bonds is 5. The predicted octanol–water partition coefficient (Wildman–Crippen LogP) is 2.21. The van der Waals surface area contributed by atoms with Crippen LogP contribution in [0, 0.1) is 0 Å². The number of anilines is 1. The topological polar surface area (TPSA) is 110 Å².